The summed E-state index contributed by atoms with van der Waals surface area (Å²) in [6.45, 7) is 6.98. The highest BCUT2D eigenvalue weighted by Gasteiger charge is 2.34. The average Bonchev–Trinajstić information content (AvgIpc) is 3.01. The lowest BCUT2D eigenvalue weighted by atomic mass is 9.82. The minimum absolute atomic E-state index is 0.250. The van der Waals surface area contributed by atoms with E-state index in [1.54, 1.807) is 0 Å². The highest BCUT2D eigenvalue weighted by Crippen LogP contribution is 2.32. The molecule has 1 fully saturated rings. The van der Waals surface area contributed by atoms with E-state index >= 15 is 0 Å². The van der Waals surface area contributed by atoms with Crippen LogP contribution in [0.5, 0.6) is 0 Å². The maximum atomic E-state index is 6.17. The zero-order valence-corrected chi connectivity index (χ0v) is 13.2. The topological polar surface area (TPSA) is 30.5 Å². The molecule has 0 aromatic rings. The number of hydrogen-bond acceptors (Lipinski definition) is 3. The largest absolute Gasteiger partial charge is 0.496 e. The Hall–Kier alpha value is -0.540. The maximum Gasteiger partial charge on any atom is 0.112 e. The summed E-state index contributed by atoms with van der Waals surface area (Å²) >= 11 is 0. The molecular weight excluding hydrogens is 250 g/mol. The van der Waals surface area contributed by atoms with Crippen molar-refractivity contribution in [2.24, 2.45) is 5.92 Å². The summed E-state index contributed by atoms with van der Waals surface area (Å²) in [5.41, 5.74) is 0. The van der Waals surface area contributed by atoms with Gasteiger partial charge < -0.3 is 14.8 Å². The van der Waals surface area contributed by atoms with Crippen molar-refractivity contribution in [2.75, 3.05) is 19.8 Å². The Balaban J connectivity index is 2.07. The molecule has 0 aromatic heterocycles. The van der Waals surface area contributed by atoms with E-state index in [0.717, 1.165) is 38.4 Å². The van der Waals surface area contributed by atoms with Crippen molar-refractivity contribution in [1.29, 1.82) is 0 Å². The van der Waals surface area contributed by atoms with Crippen LogP contribution in [0.15, 0.2) is 11.8 Å². The van der Waals surface area contributed by atoms with Gasteiger partial charge in [-0.1, -0.05) is 26.2 Å². The monoisotopic (exact) mass is 281 g/mol. The molecular formula is C17H31NO2. The van der Waals surface area contributed by atoms with Crippen molar-refractivity contribution in [1.82, 2.24) is 5.32 Å². The lowest BCUT2D eigenvalue weighted by Crippen LogP contribution is -2.47. The van der Waals surface area contributed by atoms with E-state index in [4.69, 9.17) is 9.47 Å². The van der Waals surface area contributed by atoms with Gasteiger partial charge >= 0.3 is 0 Å². The molecule has 3 heteroatoms. The van der Waals surface area contributed by atoms with E-state index in [1.807, 2.05) is 0 Å². The van der Waals surface area contributed by atoms with Gasteiger partial charge in [-0.2, -0.15) is 0 Å². The Labute approximate surface area is 124 Å². The minimum Gasteiger partial charge on any atom is -0.496 e. The lowest BCUT2D eigenvalue weighted by molar-refractivity contribution is -0.0202. The van der Waals surface area contributed by atoms with E-state index in [2.05, 4.69) is 25.2 Å². The molecule has 1 aliphatic heterocycles. The Kier molecular flexibility index (Phi) is 6.88. The zero-order valence-electron chi connectivity index (χ0n) is 13.2. The van der Waals surface area contributed by atoms with Gasteiger partial charge in [0.15, 0.2) is 0 Å². The third kappa shape index (κ3) is 4.23. The van der Waals surface area contributed by atoms with Crippen molar-refractivity contribution in [2.45, 2.75) is 70.9 Å². The standard InChI is InChI=1S/C17H31NO2/c1-3-12-18-16(15-11-8-13-20-15)17(19-4-2)14-9-6-5-7-10-14/h11,14,16-18H,3-10,12-13H2,1-2H3. The summed E-state index contributed by atoms with van der Waals surface area (Å²) in [4.78, 5) is 0. The summed E-state index contributed by atoms with van der Waals surface area (Å²) in [6, 6.07) is 0.250. The molecule has 116 valence electrons. The normalized spacial score (nSPS) is 23.2. The Morgan fingerprint density at radius 3 is 2.70 bits per heavy atom. The molecule has 20 heavy (non-hydrogen) atoms. The number of nitrogens with one attached hydrogen (secondary N) is 1. The van der Waals surface area contributed by atoms with Crippen LogP contribution in [0.25, 0.3) is 0 Å². The van der Waals surface area contributed by atoms with Gasteiger partial charge in [-0.3, -0.25) is 0 Å². The fraction of sp³-hybridized carbons (Fsp3) is 0.882. The van der Waals surface area contributed by atoms with Crippen LogP contribution in [0.1, 0.15) is 58.8 Å². The summed E-state index contributed by atoms with van der Waals surface area (Å²) in [5, 5.41) is 3.68. The Bertz CT molecular complexity index is 297. The molecule has 1 saturated carbocycles. The third-order valence-corrected chi connectivity index (χ3v) is 4.45. The molecule has 0 radical (unpaired) electrons. The van der Waals surface area contributed by atoms with E-state index in [0.29, 0.717) is 5.92 Å². The van der Waals surface area contributed by atoms with Gasteiger partial charge in [-0.05, 0) is 44.7 Å². The first-order valence-electron chi connectivity index (χ1n) is 8.54. The van der Waals surface area contributed by atoms with Crippen LogP contribution in [-0.4, -0.2) is 31.9 Å². The van der Waals surface area contributed by atoms with Gasteiger partial charge in [-0.25, -0.2) is 0 Å². The van der Waals surface area contributed by atoms with Gasteiger partial charge in [0, 0.05) is 13.0 Å². The van der Waals surface area contributed by atoms with E-state index in [-0.39, 0.29) is 12.1 Å². The molecule has 3 nitrogen and oxygen atoms in total. The van der Waals surface area contributed by atoms with E-state index in [9.17, 15) is 0 Å². The van der Waals surface area contributed by atoms with Crippen LogP contribution in [0.2, 0.25) is 0 Å². The smallest absolute Gasteiger partial charge is 0.112 e. The van der Waals surface area contributed by atoms with Gasteiger partial charge in [0.1, 0.15) is 5.76 Å². The first-order chi connectivity index (χ1) is 9.86. The lowest BCUT2D eigenvalue weighted by Gasteiger charge is -2.36. The fourth-order valence-corrected chi connectivity index (χ4v) is 3.49. The molecule has 1 N–H and O–H groups in total. The molecule has 0 saturated heterocycles. The van der Waals surface area contributed by atoms with E-state index in [1.165, 1.54) is 32.1 Å². The van der Waals surface area contributed by atoms with Crippen LogP contribution in [0.4, 0.5) is 0 Å². The SMILES string of the molecule is CCCNC(C1=CCCO1)C(OCC)C1CCCCC1. The summed E-state index contributed by atoms with van der Waals surface area (Å²) < 4.78 is 12.0. The first-order valence-corrected chi connectivity index (χ1v) is 8.54. The molecule has 0 bridgehead atoms. The van der Waals surface area contributed by atoms with E-state index < -0.39 is 0 Å². The molecule has 1 heterocycles. The second kappa shape index (κ2) is 8.68. The van der Waals surface area contributed by atoms with Crippen molar-refractivity contribution in [3.63, 3.8) is 0 Å². The quantitative estimate of drug-likeness (QED) is 0.737. The molecule has 2 atom stereocenters. The second-order valence-corrected chi connectivity index (χ2v) is 5.99. The van der Waals surface area contributed by atoms with Crippen LogP contribution >= 0.6 is 0 Å². The third-order valence-electron chi connectivity index (χ3n) is 4.45. The summed E-state index contributed by atoms with van der Waals surface area (Å²) in [7, 11) is 0. The van der Waals surface area contributed by atoms with Crippen LogP contribution in [0.3, 0.4) is 0 Å². The fourth-order valence-electron chi connectivity index (χ4n) is 3.49. The van der Waals surface area contributed by atoms with Crippen LogP contribution in [-0.2, 0) is 9.47 Å². The van der Waals surface area contributed by atoms with Crippen molar-refractivity contribution >= 4 is 0 Å². The van der Waals surface area contributed by atoms with Gasteiger partial charge in [0.2, 0.25) is 0 Å². The number of hydrogen-bond donors (Lipinski definition) is 1. The maximum absolute atomic E-state index is 6.17. The number of rotatable bonds is 8. The Morgan fingerprint density at radius 1 is 1.30 bits per heavy atom. The van der Waals surface area contributed by atoms with Crippen molar-refractivity contribution in [3.05, 3.63) is 11.8 Å². The van der Waals surface area contributed by atoms with Gasteiger partial charge in [0.05, 0.1) is 18.8 Å². The highest BCUT2D eigenvalue weighted by atomic mass is 16.5. The van der Waals surface area contributed by atoms with Crippen molar-refractivity contribution < 1.29 is 9.47 Å². The molecule has 2 rings (SSSR count). The minimum atomic E-state index is 0.250. The molecule has 1 aliphatic carbocycles. The zero-order chi connectivity index (χ0) is 14.2. The summed E-state index contributed by atoms with van der Waals surface area (Å²) in [5.74, 6) is 1.81. The van der Waals surface area contributed by atoms with Crippen molar-refractivity contribution in [3.8, 4) is 0 Å². The molecule has 2 unspecified atom stereocenters. The summed E-state index contributed by atoms with van der Waals surface area (Å²) in [6.07, 6.45) is 11.4. The highest BCUT2D eigenvalue weighted by molar-refractivity contribution is 5.11. The molecule has 0 aromatic carbocycles. The predicted molar refractivity (Wildman–Crippen MR) is 82.7 cm³/mol. The molecule has 0 spiro atoms. The predicted octanol–water partition coefficient (Wildman–Crippen LogP) is 3.64. The molecule has 2 aliphatic rings. The average molecular weight is 281 g/mol. The van der Waals surface area contributed by atoms with Gasteiger partial charge in [0.25, 0.3) is 0 Å². The molecule has 0 amide bonds. The van der Waals surface area contributed by atoms with Crippen LogP contribution < -0.4 is 5.32 Å². The second-order valence-electron chi connectivity index (χ2n) is 5.99. The van der Waals surface area contributed by atoms with Gasteiger partial charge in [-0.15, -0.1) is 0 Å². The Morgan fingerprint density at radius 2 is 2.10 bits per heavy atom. The van der Waals surface area contributed by atoms with Crippen LogP contribution in [0, 0.1) is 5.92 Å². The number of ether oxygens (including phenoxy) is 2. The first kappa shape index (κ1) is 15.8.